The van der Waals surface area contributed by atoms with Crippen LogP contribution in [0.4, 0.5) is 5.69 Å². The van der Waals surface area contributed by atoms with E-state index in [0.29, 0.717) is 0 Å². The number of benzene rings is 1. The summed E-state index contributed by atoms with van der Waals surface area (Å²) in [5.74, 6) is -0.453. The van der Waals surface area contributed by atoms with E-state index in [1.165, 1.54) is 12.1 Å². The number of rotatable bonds is 0. The fraction of sp³-hybridized carbons (Fsp3) is 0.250. The van der Waals surface area contributed by atoms with Crippen LogP contribution in [-0.2, 0) is 11.5 Å². The molecule has 11 heavy (non-hydrogen) atoms. The summed E-state index contributed by atoms with van der Waals surface area (Å²) >= 11 is 0. The summed E-state index contributed by atoms with van der Waals surface area (Å²) in [7, 11) is 0. The molecule has 0 fully saturated rings. The van der Waals surface area contributed by atoms with Crippen LogP contribution in [0.2, 0.25) is 0 Å². The first-order valence-corrected chi connectivity index (χ1v) is 3.54. The monoisotopic (exact) mass is 150 g/mol. The average Bonchev–Trinajstić information content (AvgIpc) is 2.36. The highest BCUT2D eigenvalue weighted by Crippen LogP contribution is 2.34. The Kier molecular flexibility index (Phi) is 1.18. The lowest BCUT2D eigenvalue weighted by molar-refractivity contribution is 0.324. The van der Waals surface area contributed by atoms with Gasteiger partial charge in [-0.2, -0.15) is 0 Å². The molecule has 3 nitrogen and oxygen atoms in total. The van der Waals surface area contributed by atoms with E-state index in [0.717, 1.165) is 24.2 Å². The predicted octanol–water partition coefficient (Wildman–Crippen LogP) is 1.50. The fourth-order valence-corrected chi connectivity index (χ4v) is 1.31. The molecule has 0 spiro atoms. The number of aromatic hydroxyl groups is 1. The molecule has 1 aliphatic rings. The maximum Gasteiger partial charge on any atom is 0.220 e. The number of phenols is 1. The third-order valence-electron chi connectivity index (χ3n) is 1.89. The minimum Gasteiger partial charge on any atom is -0.504 e. The summed E-state index contributed by atoms with van der Waals surface area (Å²) in [5.41, 5.74) is 1.90. The molecule has 2 rings (SSSR count). The van der Waals surface area contributed by atoms with Gasteiger partial charge in [0.2, 0.25) is 5.75 Å². The summed E-state index contributed by atoms with van der Waals surface area (Å²) in [6.07, 6.45) is 0.880. The third-order valence-corrected chi connectivity index (χ3v) is 1.89. The topological polar surface area (TPSA) is 52.2 Å². The Morgan fingerprint density at radius 1 is 1.45 bits per heavy atom. The molecule has 1 aliphatic heterocycles. The van der Waals surface area contributed by atoms with Crippen molar-refractivity contribution < 1.29 is 10.2 Å². The van der Waals surface area contributed by atoms with Gasteiger partial charge in [-0.3, -0.25) is 5.11 Å². The van der Waals surface area contributed by atoms with Gasteiger partial charge in [-0.15, -0.1) is 0 Å². The second-order valence-corrected chi connectivity index (χ2v) is 2.65. The maximum absolute atomic E-state index is 10.9. The van der Waals surface area contributed by atoms with Crippen molar-refractivity contribution in [1.29, 1.82) is 0 Å². The molecule has 3 heteroatoms. The van der Waals surface area contributed by atoms with Crippen LogP contribution in [0.1, 0.15) is 5.56 Å². The van der Waals surface area contributed by atoms with E-state index in [4.69, 9.17) is 5.11 Å². The zero-order valence-electron chi connectivity index (χ0n) is 5.92. The molecule has 0 saturated heterocycles. The molecule has 2 N–H and O–H groups in total. The van der Waals surface area contributed by atoms with Crippen molar-refractivity contribution in [3.05, 3.63) is 17.7 Å². The number of hydrogen-bond donors (Lipinski definition) is 2. The summed E-state index contributed by atoms with van der Waals surface area (Å²) < 4.78 is 0. The molecule has 0 saturated carbocycles. The van der Waals surface area contributed by atoms with Crippen LogP contribution >= 0.6 is 0 Å². The molecule has 57 valence electrons. The average molecular weight is 150 g/mol. The van der Waals surface area contributed by atoms with Crippen LogP contribution in [0.5, 0.6) is 11.5 Å². The normalized spacial score (nSPS) is 14.2. The Balaban J connectivity index is 2.57. The van der Waals surface area contributed by atoms with Gasteiger partial charge in [-0.05, 0) is 18.1 Å². The quantitative estimate of drug-likeness (QED) is 0.588. The molecule has 0 amide bonds. The second-order valence-electron chi connectivity index (χ2n) is 2.65. The molecule has 0 bridgehead atoms. The molecule has 1 heterocycles. The molecule has 0 atom stereocenters. The first-order valence-electron chi connectivity index (χ1n) is 3.54. The minimum atomic E-state index is -0.285. The smallest absolute Gasteiger partial charge is 0.220 e. The van der Waals surface area contributed by atoms with Gasteiger partial charge in [-0.25, -0.2) is 0 Å². The molecule has 0 aliphatic carbocycles. The van der Waals surface area contributed by atoms with Gasteiger partial charge in [-0.1, -0.05) is 0 Å². The minimum absolute atomic E-state index is 0.168. The van der Waals surface area contributed by atoms with Crippen LogP contribution in [-0.4, -0.2) is 11.7 Å². The van der Waals surface area contributed by atoms with Crippen molar-refractivity contribution >= 4 is 5.69 Å². The molecule has 1 aromatic carbocycles. The Morgan fingerprint density at radius 2 is 2.27 bits per heavy atom. The third kappa shape index (κ3) is 0.888. The maximum atomic E-state index is 10.9. The van der Waals surface area contributed by atoms with Gasteiger partial charge in [0, 0.05) is 18.3 Å². The van der Waals surface area contributed by atoms with E-state index in [9.17, 15) is 5.11 Å². The largest absolute Gasteiger partial charge is 0.504 e. The van der Waals surface area contributed by atoms with E-state index in [1.807, 2.05) is 0 Å². The van der Waals surface area contributed by atoms with Gasteiger partial charge in [0.1, 0.15) is 0 Å². The van der Waals surface area contributed by atoms with Gasteiger partial charge < -0.3 is 10.4 Å². The zero-order chi connectivity index (χ0) is 7.84. The van der Waals surface area contributed by atoms with Crippen molar-refractivity contribution in [3.63, 3.8) is 0 Å². The molecule has 0 aromatic heterocycles. The predicted molar refractivity (Wildman–Crippen MR) is 40.4 cm³/mol. The van der Waals surface area contributed by atoms with Crippen molar-refractivity contribution in [2.24, 2.45) is 0 Å². The van der Waals surface area contributed by atoms with E-state index >= 15 is 0 Å². The first kappa shape index (κ1) is 6.34. The summed E-state index contributed by atoms with van der Waals surface area (Å²) in [4.78, 5) is 0. The number of anilines is 1. The second kappa shape index (κ2) is 2.05. The lowest BCUT2D eigenvalue weighted by atomic mass is 10.1. The summed E-state index contributed by atoms with van der Waals surface area (Å²) in [6.45, 7) is 0.859. The highest BCUT2D eigenvalue weighted by molar-refractivity contribution is 5.62. The molecule has 1 radical (unpaired) electrons. The Bertz CT molecular complexity index is 267. The molecular formula is C8H8NO2. The van der Waals surface area contributed by atoms with Gasteiger partial charge >= 0.3 is 0 Å². The van der Waals surface area contributed by atoms with Gasteiger partial charge in [0.15, 0.2) is 5.75 Å². The van der Waals surface area contributed by atoms with Crippen LogP contribution in [0.15, 0.2) is 12.1 Å². The summed E-state index contributed by atoms with van der Waals surface area (Å²) in [5, 5.41) is 23.0. The van der Waals surface area contributed by atoms with Crippen LogP contribution in [0.3, 0.4) is 0 Å². The first-order chi connectivity index (χ1) is 5.27. The Morgan fingerprint density at radius 3 is 3.09 bits per heavy atom. The van der Waals surface area contributed by atoms with Crippen molar-refractivity contribution in [1.82, 2.24) is 0 Å². The zero-order valence-corrected chi connectivity index (χ0v) is 5.92. The van der Waals surface area contributed by atoms with Crippen LogP contribution < -0.4 is 5.32 Å². The highest BCUT2D eigenvalue weighted by Gasteiger charge is 2.13. The SMILES string of the molecule is [O]c1cc2c(cc1O)NCC2. The van der Waals surface area contributed by atoms with Gasteiger partial charge in [0.05, 0.1) is 0 Å². The van der Waals surface area contributed by atoms with Crippen molar-refractivity contribution in [3.8, 4) is 11.5 Å². The number of nitrogens with one attached hydrogen (secondary N) is 1. The van der Waals surface area contributed by atoms with Crippen molar-refractivity contribution in [2.75, 3.05) is 11.9 Å². The highest BCUT2D eigenvalue weighted by atomic mass is 16.3. The molecular weight excluding hydrogens is 142 g/mol. The van der Waals surface area contributed by atoms with Gasteiger partial charge in [0.25, 0.3) is 0 Å². The van der Waals surface area contributed by atoms with E-state index in [-0.39, 0.29) is 11.5 Å². The van der Waals surface area contributed by atoms with E-state index in [2.05, 4.69) is 5.32 Å². The molecule has 0 unspecified atom stereocenters. The molecule has 1 aromatic rings. The van der Waals surface area contributed by atoms with Crippen LogP contribution in [0, 0.1) is 0 Å². The Hall–Kier alpha value is -1.38. The lowest BCUT2D eigenvalue weighted by Gasteiger charge is -1.99. The van der Waals surface area contributed by atoms with E-state index < -0.39 is 0 Å². The van der Waals surface area contributed by atoms with Crippen LogP contribution in [0.25, 0.3) is 0 Å². The number of hydrogen-bond acceptors (Lipinski definition) is 2. The standard InChI is InChI=1S/C8H8NO2/c10-7-3-5-1-2-9-6(5)4-8(7)11/h3-4,9,11H,1-2H2. The fourth-order valence-electron chi connectivity index (χ4n) is 1.31. The van der Waals surface area contributed by atoms with E-state index in [1.54, 1.807) is 0 Å². The summed E-state index contributed by atoms with van der Waals surface area (Å²) in [6, 6.07) is 2.98. The Labute approximate surface area is 64.3 Å². The lowest BCUT2D eigenvalue weighted by Crippen LogP contribution is -1.90. The van der Waals surface area contributed by atoms with Crippen molar-refractivity contribution in [2.45, 2.75) is 6.42 Å². The number of fused-ring (bicyclic) bond motifs is 1. The number of phenolic OH excluding ortho intramolecular Hbond substituents is 1.